The summed E-state index contributed by atoms with van der Waals surface area (Å²) in [5.41, 5.74) is 0.373. The highest BCUT2D eigenvalue weighted by Crippen LogP contribution is 1.99. The van der Waals surface area contributed by atoms with Crippen molar-refractivity contribution >= 4 is 11.9 Å². The fourth-order valence-corrected chi connectivity index (χ4v) is 0.647. The smallest absolute Gasteiger partial charge is 0.333 e. The Morgan fingerprint density at radius 1 is 1.27 bits per heavy atom. The number of hydrogen-bond donors (Lipinski definition) is 0. The maximum Gasteiger partial charge on any atom is 0.333 e. The SMILES string of the molecule is C=C(C)C(=O)OCC[N+](C)(C)C(C)=O.[Cl-]. The zero-order valence-electron chi connectivity index (χ0n) is 9.67. The molecule has 0 spiro atoms. The Morgan fingerprint density at radius 3 is 2.07 bits per heavy atom. The fraction of sp³-hybridized carbons (Fsp3) is 0.600. The summed E-state index contributed by atoms with van der Waals surface area (Å²) in [5, 5.41) is 0. The highest BCUT2D eigenvalue weighted by Gasteiger charge is 2.21. The normalized spacial score (nSPS) is 10.1. The van der Waals surface area contributed by atoms with Crippen LogP contribution in [0.4, 0.5) is 0 Å². The summed E-state index contributed by atoms with van der Waals surface area (Å²) >= 11 is 0. The van der Waals surface area contributed by atoms with Crippen LogP contribution in [-0.4, -0.2) is 43.6 Å². The van der Waals surface area contributed by atoms with Crippen molar-refractivity contribution in [2.75, 3.05) is 27.2 Å². The lowest BCUT2D eigenvalue weighted by Gasteiger charge is -2.24. The predicted octanol–water partition coefficient (Wildman–Crippen LogP) is -2.27. The van der Waals surface area contributed by atoms with Gasteiger partial charge in [-0.3, -0.25) is 4.48 Å². The van der Waals surface area contributed by atoms with E-state index in [-0.39, 0.29) is 29.4 Å². The Morgan fingerprint density at radius 2 is 1.73 bits per heavy atom. The van der Waals surface area contributed by atoms with Gasteiger partial charge in [-0.1, -0.05) is 6.58 Å². The number of nitrogens with zero attached hydrogens (tertiary/aromatic N) is 1. The van der Waals surface area contributed by atoms with Crippen LogP contribution in [0.25, 0.3) is 0 Å². The number of quaternary nitrogens is 1. The highest BCUT2D eigenvalue weighted by atomic mass is 35.5. The van der Waals surface area contributed by atoms with E-state index in [9.17, 15) is 9.59 Å². The Balaban J connectivity index is 0. The third-order valence-electron chi connectivity index (χ3n) is 2.08. The van der Waals surface area contributed by atoms with Gasteiger partial charge in [-0.2, -0.15) is 0 Å². The average molecular weight is 236 g/mol. The van der Waals surface area contributed by atoms with Gasteiger partial charge in [-0.05, 0) is 6.92 Å². The van der Waals surface area contributed by atoms with Crippen molar-refractivity contribution in [3.05, 3.63) is 12.2 Å². The highest BCUT2D eigenvalue weighted by molar-refractivity contribution is 5.86. The molecule has 0 saturated heterocycles. The maximum absolute atomic E-state index is 11.1. The van der Waals surface area contributed by atoms with E-state index < -0.39 is 5.97 Å². The van der Waals surface area contributed by atoms with Gasteiger partial charge in [0, 0.05) is 5.57 Å². The molecule has 0 aromatic carbocycles. The number of amides is 1. The summed E-state index contributed by atoms with van der Waals surface area (Å²) in [6.07, 6.45) is 0. The zero-order chi connectivity index (χ0) is 11.4. The van der Waals surface area contributed by atoms with Gasteiger partial charge in [0.1, 0.15) is 13.2 Å². The number of hydrogen-bond acceptors (Lipinski definition) is 3. The van der Waals surface area contributed by atoms with Gasteiger partial charge in [0.25, 0.3) is 0 Å². The minimum atomic E-state index is -0.409. The molecule has 0 aromatic rings. The van der Waals surface area contributed by atoms with Crippen LogP contribution in [0.3, 0.4) is 0 Å². The number of carbonyl (C=O) groups is 2. The molecule has 0 rings (SSSR count). The Labute approximate surface area is 96.9 Å². The third kappa shape index (κ3) is 6.25. The summed E-state index contributed by atoms with van der Waals surface area (Å²) < 4.78 is 5.09. The number of ether oxygens (including phenoxy) is 1. The molecule has 15 heavy (non-hydrogen) atoms. The number of likely N-dealkylation sites (N-methyl/N-ethyl adjacent to an activating group) is 1. The molecule has 0 aliphatic rings. The first-order valence-corrected chi connectivity index (χ1v) is 4.44. The lowest BCUT2D eigenvalue weighted by atomic mass is 10.4. The molecule has 4 nitrogen and oxygen atoms in total. The van der Waals surface area contributed by atoms with Crippen LogP contribution in [0.15, 0.2) is 12.2 Å². The van der Waals surface area contributed by atoms with Crippen LogP contribution in [0.2, 0.25) is 0 Å². The number of esters is 1. The molecule has 0 N–H and O–H groups in total. The van der Waals surface area contributed by atoms with Crippen LogP contribution < -0.4 is 12.4 Å². The third-order valence-corrected chi connectivity index (χ3v) is 2.08. The monoisotopic (exact) mass is 235 g/mol. The molecule has 0 unspecified atom stereocenters. The van der Waals surface area contributed by atoms with E-state index in [0.717, 1.165) is 0 Å². The van der Waals surface area contributed by atoms with Gasteiger partial charge < -0.3 is 17.1 Å². The molecule has 0 aliphatic carbocycles. The molecular formula is C10H18ClNO3. The molecule has 0 saturated carbocycles. The van der Waals surface area contributed by atoms with Crippen molar-refractivity contribution in [3.63, 3.8) is 0 Å². The van der Waals surface area contributed by atoms with Crippen molar-refractivity contribution in [3.8, 4) is 0 Å². The molecule has 0 radical (unpaired) electrons. The second-order valence-electron chi connectivity index (χ2n) is 3.84. The largest absolute Gasteiger partial charge is 1.00 e. The van der Waals surface area contributed by atoms with Gasteiger partial charge in [0.05, 0.1) is 21.0 Å². The lowest BCUT2D eigenvalue weighted by molar-refractivity contribution is -0.813. The molecule has 5 heteroatoms. The zero-order valence-corrected chi connectivity index (χ0v) is 10.4. The van der Waals surface area contributed by atoms with Crippen LogP contribution in [0.1, 0.15) is 13.8 Å². The standard InChI is InChI=1S/C10H18NO3.ClH/c1-8(2)10(13)14-7-6-11(4,5)9(3)12;/h1,6-7H2,2-5H3;1H/q+1;/p-1. The minimum Gasteiger partial charge on any atom is -1.00 e. The van der Waals surface area contributed by atoms with Crippen molar-refractivity contribution in [1.82, 2.24) is 0 Å². The van der Waals surface area contributed by atoms with E-state index in [1.165, 1.54) is 6.92 Å². The molecule has 0 aromatic heterocycles. The Kier molecular flexibility index (Phi) is 7.27. The summed E-state index contributed by atoms with van der Waals surface area (Å²) in [6.45, 7) is 7.28. The van der Waals surface area contributed by atoms with Crippen molar-refractivity contribution in [2.24, 2.45) is 0 Å². The predicted molar refractivity (Wildman–Crippen MR) is 53.4 cm³/mol. The molecule has 88 valence electrons. The van der Waals surface area contributed by atoms with E-state index in [1.54, 1.807) is 21.0 Å². The number of carbonyl (C=O) groups excluding carboxylic acids is 2. The fourth-order valence-electron chi connectivity index (χ4n) is 0.647. The molecule has 0 bridgehead atoms. The minimum absolute atomic E-state index is 0. The topological polar surface area (TPSA) is 43.4 Å². The van der Waals surface area contributed by atoms with Crippen molar-refractivity contribution in [1.29, 1.82) is 0 Å². The second kappa shape index (κ2) is 6.58. The van der Waals surface area contributed by atoms with E-state index in [4.69, 9.17) is 4.74 Å². The second-order valence-corrected chi connectivity index (χ2v) is 3.84. The quantitative estimate of drug-likeness (QED) is 0.314. The maximum atomic E-state index is 11.1. The molecule has 0 heterocycles. The van der Waals surface area contributed by atoms with Crippen molar-refractivity contribution < 1.29 is 31.2 Å². The van der Waals surface area contributed by atoms with E-state index in [2.05, 4.69) is 6.58 Å². The lowest BCUT2D eigenvalue weighted by Crippen LogP contribution is -3.00. The van der Waals surface area contributed by atoms with Crippen molar-refractivity contribution in [2.45, 2.75) is 13.8 Å². The number of rotatable bonds is 4. The first kappa shape index (κ1) is 16.6. The Bertz CT molecular complexity index is 261. The molecule has 0 aliphatic heterocycles. The van der Waals surface area contributed by atoms with E-state index in [1.807, 2.05) is 0 Å². The first-order valence-electron chi connectivity index (χ1n) is 4.44. The first-order chi connectivity index (χ1) is 6.27. The summed E-state index contributed by atoms with van der Waals surface area (Å²) in [6, 6.07) is 0. The van der Waals surface area contributed by atoms with Gasteiger partial charge in [-0.25, -0.2) is 9.59 Å². The van der Waals surface area contributed by atoms with Crippen LogP contribution in [0.5, 0.6) is 0 Å². The van der Waals surface area contributed by atoms with Crippen LogP contribution >= 0.6 is 0 Å². The number of halogens is 1. The van der Waals surface area contributed by atoms with Crippen LogP contribution in [0, 0.1) is 0 Å². The van der Waals surface area contributed by atoms with E-state index in [0.29, 0.717) is 12.1 Å². The van der Waals surface area contributed by atoms with Gasteiger partial charge in [0.2, 0.25) is 0 Å². The van der Waals surface area contributed by atoms with Crippen LogP contribution in [-0.2, 0) is 14.3 Å². The van der Waals surface area contributed by atoms with Gasteiger partial charge in [-0.15, -0.1) is 0 Å². The summed E-state index contributed by atoms with van der Waals surface area (Å²) in [5.74, 6) is -0.370. The van der Waals surface area contributed by atoms with Gasteiger partial charge >= 0.3 is 11.9 Å². The summed E-state index contributed by atoms with van der Waals surface area (Å²) in [4.78, 5) is 22.1. The van der Waals surface area contributed by atoms with Gasteiger partial charge in [0.15, 0.2) is 0 Å². The molecule has 0 atom stereocenters. The molecular weight excluding hydrogens is 218 g/mol. The summed E-state index contributed by atoms with van der Waals surface area (Å²) in [7, 11) is 3.55. The molecule has 1 amide bonds. The Hall–Kier alpha value is -0.870. The average Bonchev–Trinajstić information content (AvgIpc) is 2.03. The molecule has 0 fully saturated rings. The van der Waals surface area contributed by atoms with E-state index >= 15 is 0 Å².